The molecular weight excluding hydrogens is 286 g/mol. The molecule has 0 spiro atoms. The number of thiophene rings is 1. The lowest BCUT2D eigenvalue weighted by Crippen LogP contribution is -1.99. The minimum atomic E-state index is 0.486. The largest absolute Gasteiger partial charge is 0.496 e. The number of halogens is 1. The summed E-state index contributed by atoms with van der Waals surface area (Å²) in [6, 6.07) is 8.14. The molecule has 0 fully saturated rings. The van der Waals surface area contributed by atoms with Gasteiger partial charge in [0.05, 0.1) is 7.11 Å². The van der Waals surface area contributed by atoms with Gasteiger partial charge in [-0.2, -0.15) is 0 Å². The molecule has 2 N–H and O–H groups in total. The summed E-state index contributed by atoms with van der Waals surface area (Å²) in [4.78, 5) is 1.22. The van der Waals surface area contributed by atoms with Gasteiger partial charge in [0.25, 0.3) is 0 Å². The Bertz CT molecular complexity index is 496. The van der Waals surface area contributed by atoms with Crippen molar-refractivity contribution in [2.75, 3.05) is 7.11 Å². The maximum Gasteiger partial charge on any atom is 0.123 e. The summed E-state index contributed by atoms with van der Waals surface area (Å²) in [7, 11) is 1.66. The predicted octanol–water partition coefficient (Wildman–Crippen LogP) is 3.64. The van der Waals surface area contributed by atoms with Gasteiger partial charge in [-0.05, 0) is 51.1 Å². The molecular formula is C12H12BrNOS. The Hall–Kier alpha value is -0.840. The van der Waals surface area contributed by atoms with E-state index in [4.69, 9.17) is 10.5 Å². The van der Waals surface area contributed by atoms with Crippen molar-refractivity contribution < 1.29 is 4.74 Å². The SMILES string of the molecule is COc1ccc(-c2sccc2Br)cc1CN. The molecule has 0 aliphatic rings. The van der Waals surface area contributed by atoms with Gasteiger partial charge in [0, 0.05) is 21.5 Å². The summed E-state index contributed by atoms with van der Waals surface area (Å²) < 4.78 is 6.37. The molecule has 1 aromatic carbocycles. The fourth-order valence-corrected chi connectivity index (χ4v) is 3.18. The van der Waals surface area contributed by atoms with Gasteiger partial charge >= 0.3 is 0 Å². The van der Waals surface area contributed by atoms with Crippen LogP contribution in [-0.2, 0) is 6.54 Å². The van der Waals surface area contributed by atoms with Crippen LogP contribution in [0.3, 0.4) is 0 Å². The number of ether oxygens (including phenoxy) is 1. The molecule has 2 aromatic rings. The van der Waals surface area contributed by atoms with E-state index in [0.717, 1.165) is 15.8 Å². The molecule has 16 heavy (non-hydrogen) atoms. The smallest absolute Gasteiger partial charge is 0.123 e. The highest BCUT2D eigenvalue weighted by atomic mass is 79.9. The molecule has 0 aliphatic heterocycles. The molecule has 0 aliphatic carbocycles. The number of hydrogen-bond donors (Lipinski definition) is 1. The minimum absolute atomic E-state index is 0.486. The average Bonchev–Trinajstić information content (AvgIpc) is 2.74. The predicted molar refractivity (Wildman–Crippen MR) is 71.9 cm³/mol. The minimum Gasteiger partial charge on any atom is -0.496 e. The van der Waals surface area contributed by atoms with E-state index in [0.29, 0.717) is 6.54 Å². The first kappa shape index (κ1) is 11.6. The lowest BCUT2D eigenvalue weighted by atomic mass is 10.1. The fraction of sp³-hybridized carbons (Fsp3) is 0.167. The summed E-state index contributed by atoms with van der Waals surface area (Å²) in [5.74, 6) is 0.846. The van der Waals surface area contributed by atoms with Crippen LogP contribution in [-0.4, -0.2) is 7.11 Å². The molecule has 2 rings (SSSR count). The van der Waals surface area contributed by atoms with Crippen LogP contribution in [0.25, 0.3) is 10.4 Å². The van der Waals surface area contributed by atoms with Gasteiger partial charge in [-0.1, -0.05) is 0 Å². The number of rotatable bonds is 3. The lowest BCUT2D eigenvalue weighted by molar-refractivity contribution is 0.410. The van der Waals surface area contributed by atoms with E-state index >= 15 is 0 Å². The molecule has 1 aromatic heterocycles. The van der Waals surface area contributed by atoms with Gasteiger partial charge in [0.15, 0.2) is 0 Å². The van der Waals surface area contributed by atoms with Crippen molar-refractivity contribution in [3.05, 3.63) is 39.7 Å². The standard InChI is InChI=1S/C12H12BrNOS/c1-15-11-3-2-8(6-9(11)7-14)12-10(13)4-5-16-12/h2-6H,7,14H2,1H3. The highest BCUT2D eigenvalue weighted by molar-refractivity contribution is 9.10. The van der Waals surface area contributed by atoms with Crippen molar-refractivity contribution in [3.63, 3.8) is 0 Å². The Kier molecular flexibility index (Phi) is 3.63. The van der Waals surface area contributed by atoms with Gasteiger partial charge in [-0.3, -0.25) is 0 Å². The Morgan fingerprint density at radius 3 is 2.75 bits per heavy atom. The van der Waals surface area contributed by atoms with Gasteiger partial charge in [0.1, 0.15) is 5.75 Å². The highest BCUT2D eigenvalue weighted by Gasteiger charge is 2.08. The molecule has 0 atom stereocenters. The van der Waals surface area contributed by atoms with Crippen molar-refractivity contribution >= 4 is 27.3 Å². The third-order valence-electron chi connectivity index (χ3n) is 2.38. The molecule has 4 heteroatoms. The second-order valence-electron chi connectivity index (χ2n) is 3.33. The van der Waals surface area contributed by atoms with Crippen molar-refractivity contribution in [3.8, 4) is 16.2 Å². The molecule has 0 radical (unpaired) electrons. The number of nitrogens with two attached hydrogens (primary N) is 1. The Labute approximate surface area is 107 Å². The molecule has 1 heterocycles. The third kappa shape index (κ3) is 2.14. The monoisotopic (exact) mass is 297 g/mol. The van der Waals surface area contributed by atoms with Crippen LogP contribution in [0.4, 0.5) is 0 Å². The first-order chi connectivity index (χ1) is 7.76. The molecule has 0 unspecified atom stereocenters. The number of hydrogen-bond acceptors (Lipinski definition) is 3. The summed E-state index contributed by atoms with van der Waals surface area (Å²) >= 11 is 5.24. The van der Waals surface area contributed by atoms with Crippen molar-refractivity contribution in [1.29, 1.82) is 0 Å². The first-order valence-electron chi connectivity index (χ1n) is 4.86. The van der Waals surface area contributed by atoms with Crippen LogP contribution in [0.1, 0.15) is 5.56 Å². The van der Waals surface area contributed by atoms with E-state index in [2.05, 4.69) is 33.4 Å². The Morgan fingerprint density at radius 2 is 2.19 bits per heavy atom. The summed E-state index contributed by atoms with van der Waals surface area (Å²) in [5, 5.41) is 2.06. The quantitative estimate of drug-likeness (QED) is 0.939. The zero-order valence-corrected chi connectivity index (χ0v) is 11.3. The summed E-state index contributed by atoms with van der Waals surface area (Å²) in [5.41, 5.74) is 7.90. The number of benzene rings is 1. The van der Waals surface area contributed by atoms with E-state index in [1.165, 1.54) is 10.4 Å². The van der Waals surface area contributed by atoms with Crippen LogP contribution in [0.15, 0.2) is 34.1 Å². The van der Waals surface area contributed by atoms with Crippen LogP contribution in [0, 0.1) is 0 Å². The van der Waals surface area contributed by atoms with Crippen LogP contribution >= 0.6 is 27.3 Å². The van der Waals surface area contributed by atoms with Crippen LogP contribution < -0.4 is 10.5 Å². The Morgan fingerprint density at radius 1 is 1.38 bits per heavy atom. The van der Waals surface area contributed by atoms with E-state index < -0.39 is 0 Å². The van der Waals surface area contributed by atoms with Crippen LogP contribution in [0.2, 0.25) is 0 Å². The van der Waals surface area contributed by atoms with Crippen molar-refractivity contribution in [2.45, 2.75) is 6.54 Å². The normalized spacial score (nSPS) is 10.4. The van der Waals surface area contributed by atoms with E-state index in [1.54, 1.807) is 18.4 Å². The number of methoxy groups -OCH3 is 1. The maximum atomic E-state index is 5.70. The van der Waals surface area contributed by atoms with E-state index in [9.17, 15) is 0 Å². The van der Waals surface area contributed by atoms with Gasteiger partial charge in [-0.15, -0.1) is 11.3 Å². The summed E-state index contributed by atoms with van der Waals surface area (Å²) in [6.07, 6.45) is 0. The Balaban J connectivity index is 2.48. The van der Waals surface area contributed by atoms with Gasteiger partial charge in [-0.25, -0.2) is 0 Å². The average molecular weight is 298 g/mol. The lowest BCUT2D eigenvalue weighted by Gasteiger charge is -2.08. The third-order valence-corrected chi connectivity index (χ3v) is 4.27. The van der Waals surface area contributed by atoms with Gasteiger partial charge < -0.3 is 10.5 Å². The molecule has 2 nitrogen and oxygen atoms in total. The summed E-state index contributed by atoms with van der Waals surface area (Å²) in [6.45, 7) is 0.486. The molecule has 0 saturated heterocycles. The molecule has 0 bridgehead atoms. The topological polar surface area (TPSA) is 35.2 Å². The zero-order valence-electron chi connectivity index (χ0n) is 8.87. The highest BCUT2D eigenvalue weighted by Crippen LogP contribution is 2.35. The van der Waals surface area contributed by atoms with Crippen molar-refractivity contribution in [2.24, 2.45) is 5.73 Å². The van der Waals surface area contributed by atoms with E-state index in [1.807, 2.05) is 12.1 Å². The maximum absolute atomic E-state index is 5.70. The molecule has 0 saturated carbocycles. The zero-order chi connectivity index (χ0) is 11.5. The van der Waals surface area contributed by atoms with Gasteiger partial charge in [0.2, 0.25) is 0 Å². The second-order valence-corrected chi connectivity index (χ2v) is 5.10. The van der Waals surface area contributed by atoms with Crippen LogP contribution in [0.5, 0.6) is 5.75 Å². The fourth-order valence-electron chi connectivity index (χ4n) is 1.58. The van der Waals surface area contributed by atoms with Crippen molar-refractivity contribution in [1.82, 2.24) is 0 Å². The van der Waals surface area contributed by atoms with E-state index in [-0.39, 0.29) is 0 Å². The second kappa shape index (κ2) is 4.99. The molecule has 84 valence electrons. The molecule has 0 amide bonds. The first-order valence-corrected chi connectivity index (χ1v) is 6.54.